The molecule has 0 unspecified atom stereocenters. The number of nitrogens with zero attached hydrogens (tertiary/aromatic N) is 2. The van der Waals surface area contributed by atoms with Crippen LogP contribution in [0.1, 0.15) is 18.5 Å². The van der Waals surface area contributed by atoms with Crippen LogP contribution in [0.3, 0.4) is 0 Å². The van der Waals surface area contributed by atoms with E-state index in [0.29, 0.717) is 6.42 Å². The summed E-state index contributed by atoms with van der Waals surface area (Å²) in [7, 11) is -3.33. The second-order valence-corrected chi connectivity index (χ2v) is 8.12. The van der Waals surface area contributed by atoms with Crippen molar-refractivity contribution < 1.29 is 12.8 Å². The van der Waals surface area contributed by atoms with Crippen molar-refractivity contribution in [1.29, 1.82) is 0 Å². The van der Waals surface area contributed by atoms with Crippen LogP contribution in [0.15, 0.2) is 48.7 Å². The van der Waals surface area contributed by atoms with Gasteiger partial charge in [-0.25, -0.2) is 17.5 Å². The van der Waals surface area contributed by atoms with Gasteiger partial charge >= 0.3 is 0 Å². The minimum Gasteiger partial charge on any atom is -0.371 e. The summed E-state index contributed by atoms with van der Waals surface area (Å²) in [5, 5.41) is 0. The van der Waals surface area contributed by atoms with E-state index >= 15 is 0 Å². The fourth-order valence-corrected chi connectivity index (χ4v) is 4.34. The molecule has 1 aromatic heterocycles. The van der Waals surface area contributed by atoms with Crippen molar-refractivity contribution in [2.75, 3.05) is 23.7 Å². The highest BCUT2D eigenvalue weighted by Crippen LogP contribution is 2.20. The number of aromatic nitrogens is 1. The van der Waals surface area contributed by atoms with E-state index in [0.717, 1.165) is 37.3 Å². The molecule has 0 saturated carbocycles. The molecule has 1 saturated heterocycles. The lowest BCUT2D eigenvalue weighted by Gasteiger charge is -2.33. The molecular weight excluding hydrogens is 341 g/mol. The van der Waals surface area contributed by atoms with Crippen molar-refractivity contribution >= 4 is 15.7 Å². The van der Waals surface area contributed by atoms with Crippen molar-refractivity contribution in [1.82, 2.24) is 9.71 Å². The van der Waals surface area contributed by atoms with E-state index in [1.807, 2.05) is 18.2 Å². The maximum absolute atomic E-state index is 13.0. The molecule has 0 amide bonds. The van der Waals surface area contributed by atoms with Crippen LogP contribution in [0.5, 0.6) is 0 Å². The van der Waals surface area contributed by atoms with E-state index < -0.39 is 10.0 Å². The fraction of sp³-hybridized carbons (Fsp3) is 0.389. The highest BCUT2D eigenvalue weighted by Gasteiger charge is 2.23. The van der Waals surface area contributed by atoms with Gasteiger partial charge in [-0.3, -0.25) is 4.98 Å². The summed E-state index contributed by atoms with van der Waals surface area (Å²) >= 11 is 0. The third-order valence-corrected chi connectivity index (χ3v) is 5.82. The first-order chi connectivity index (χ1) is 12.0. The molecule has 2 aromatic rings. The second-order valence-electron chi connectivity index (χ2n) is 6.25. The summed E-state index contributed by atoms with van der Waals surface area (Å²) in [5.41, 5.74) is 1.75. The lowest BCUT2D eigenvalue weighted by molar-refractivity contribution is 0.460. The molecule has 0 aliphatic carbocycles. The summed E-state index contributed by atoms with van der Waals surface area (Å²) in [4.78, 5) is 6.30. The van der Waals surface area contributed by atoms with Gasteiger partial charge in [-0.2, -0.15) is 0 Å². The highest BCUT2D eigenvalue weighted by molar-refractivity contribution is 7.89. The van der Waals surface area contributed by atoms with E-state index in [1.165, 1.54) is 12.1 Å². The van der Waals surface area contributed by atoms with Crippen LogP contribution in [0, 0.1) is 5.82 Å². The summed E-state index contributed by atoms with van der Waals surface area (Å²) < 4.78 is 40.3. The number of halogens is 1. The summed E-state index contributed by atoms with van der Waals surface area (Å²) in [6.45, 7) is 1.50. The number of benzene rings is 1. The van der Waals surface area contributed by atoms with Crippen molar-refractivity contribution in [3.63, 3.8) is 0 Å². The van der Waals surface area contributed by atoms with Crippen LogP contribution in [-0.2, 0) is 16.4 Å². The lowest BCUT2D eigenvalue weighted by atomic mass is 10.1. The average molecular weight is 363 g/mol. The smallest absolute Gasteiger partial charge is 0.212 e. The van der Waals surface area contributed by atoms with Gasteiger partial charge in [0.2, 0.25) is 10.0 Å². The summed E-state index contributed by atoms with van der Waals surface area (Å²) in [6, 6.07) is 11.9. The number of anilines is 1. The van der Waals surface area contributed by atoms with Crippen molar-refractivity contribution in [3.8, 4) is 0 Å². The molecule has 7 heteroatoms. The second kappa shape index (κ2) is 7.93. The quantitative estimate of drug-likeness (QED) is 0.856. The predicted molar refractivity (Wildman–Crippen MR) is 96.5 cm³/mol. The minimum absolute atomic E-state index is 0.0438. The molecule has 1 aromatic carbocycles. The largest absolute Gasteiger partial charge is 0.371 e. The Kier molecular flexibility index (Phi) is 5.65. The van der Waals surface area contributed by atoms with Gasteiger partial charge in [0.05, 0.1) is 5.75 Å². The number of hydrogen-bond donors (Lipinski definition) is 1. The van der Waals surface area contributed by atoms with Gasteiger partial charge in [-0.1, -0.05) is 6.07 Å². The van der Waals surface area contributed by atoms with Gasteiger partial charge in [0.15, 0.2) is 0 Å². The van der Waals surface area contributed by atoms with Gasteiger partial charge in [-0.05, 0) is 49.2 Å². The van der Waals surface area contributed by atoms with Crippen LogP contribution in [0.25, 0.3) is 0 Å². The Bertz CT molecular complexity index is 774. The zero-order chi connectivity index (χ0) is 17.7. The topological polar surface area (TPSA) is 62.3 Å². The Hall–Kier alpha value is -1.99. The van der Waals surface area contributed by atoms with E-state index in [9.17, 15) is 12.8 Å². The molecule has 0 spiro atoms. The highest BCUT2D eigenvalue weighted by atomic mass is 32.2. The van der Waals surface area contributed by atoms with E-state index in [2.05, 4.69) is 14.6 Å². The number of rotatable bonds is 6. The molecule has 2 heterocycles. The maximum Gasteiger partial charge on any atom is 0.212 e. The number of nitrogens with one attached hydrogen (secondary N) is 1. The third-order valence-electron chi connectivity index (χ3n) is 4.39. The standard InChI is InChI=1S/C18H22FN3O2S/c19-15-4-6-18(7-5-15)22-12-8-17(9-13-22)21-25(23,24)14-10-16-3-1-2-11-20-16/h1-7,11,17,21H,8-10,12-14H2. The number of hydrogen-bond acceptors (Lipinski definition) is 4. The SMILES string of the molecule is O=S(=O)(CCc1ccccn1)NC1CCN(c2ccc(F)cc2)CC1. The van der Waals surface area contributed by atoms with Gasteiger partial charge in [0, 0.05) is 43.1 Å². The molecule has 1 aliphatic heterocycles. The van der Waals surface area contributed by atoms with Crippen molar-refractivity contribution in [3.05, 3.63) is 60.2 Å². The first-order valence-electron chi connectivity index (χ1n) is 8.42. The predicted octanol–water partition coefficient (Wildman–Crippen LogP) is 2.35. The summed E-state index contributed by atoms with van der Waals surface area (Å²) in [5.74, 6) is -0.207. The molecule has 0 bridgehead atoms. The van der Waals surface area contributed by atoms with Crippen LogP contribution in [0.2, 0.25) is 0 Å². The van der Waals surface area contributed by atoms with Crippen LogP contribution in [-0.4, -0.2) is 38.3 Å². The van der Waals surface area contributed by atoms with E-state index in [-0.39, 0.29) is 17.6 Å². The zero-order valence-electron chi connectivity index (χ0n) is 13.9. The zero-order valence-corrected chi connectivity index (χ0v) is 14.8. The Balaban J connectivity index is 1.48. The minimum atomic E-state index is -3.33. The lowest BCUT2D eigenvalue weighted by Crippen LogP contribution is -2.45. The molecule has 25 heavy (non-hydrogen) atoms. The monoisotopic (exact) mass is 363 g/mol. The van der Waals surface area contributed by atoms with Gasteiger partial charge < -0.3 is 4.90 Å². The van der Waals surface area contributed by atoms with Gasteiger partial charge in [0.25, 0.3) is 0 Å². The molecule has 0 radical (unpaired) electrons. The number of aryl methyl sites for hydroxylation is 1. The molecule has 1 aliphatic rings. The Morgan fingerprint density at radius 1 is 1.12 bits per heavy atom. The molecule has 0 atom stereocenters. The van der Waals surface area contributed by atoms with Gasteiger partial charge in [-0.15, -0.1) is 0 Å². The van der Waals surface area contributed by atoms with Crippen LogP contribution >= 0.6 is 0 Å². The Morgan fingerprint density at radius 3 is 2.48 bits per heavy atom. The van der Waals surface area contributed by atoms with Crippen molar-refractivity contribution in [2.24, 2.45) is 0 Å². The van der Waals surface area contributed by atoms with E-state index in [1.54, 1.807) is 18.3 Å². The molecule has 1 fully saturated rings. The summed E-state index contributed by atoms with van der Waals surface area (Å²) in [6.07, 6.45) is 3.55. The van der Waals surface area contributed by atoms with E-state index in [4.69, 9.17) is 0 Å². The number of piperidine rings is 1. The fourth-order valence-electron chi connectivity index (χ4n) is 3.01. The van der Waals surface area contributed by atoms with Crippen LogP contribution in [0.4, 0.5) is 10.1 Å². The third kappa shape index (κ3) is 5.24. The first kappa shape index (κ1) is 17.8. The van der Waals surface area contributed by atoms with Crippen LogP contribution < -0.4 is 9.62 Å². The normalized spacial score (nSPS) is 16.1. The van der Waals surface area contributed by atoms with Crippen molar-refractivity contribution in [2.45, 2.75) is 25.3 Å². The number of sulfonamides is 1. The molecule has 134 valence electrons. The van der Waals surface area contributed by atoms with Gasteiger partial charge in [0.1, 0.15) is 5.82 Å². The maximum atomic E-state index is 13.0. The molecular formula is C18H22FN3O2S. The molecule has 1 N–H and O–H groups in total. The Morgan fingerprint density at radius 2 is 1.84 bits per heavy atom. The first-order valence-corrected chi connectivity index (χ1v) is 10.1. The Labute approximate surface area is 147 Å². The molecule has 3 rings (SSSR count). The molecule has 5 nitrogen and oxygen atoms in total. The number of pyridine rings is 1. The average Bonchev–Trinajstić information content (AvgIpc) is 2.62.